The second-order valence-corrected chi connectivity index (χ2v) is 8.30. The van der Waals surface area contributed by atoms with Gasteiger partial charge in [0.15, 0.2) is 0 Å². The second kappa shape index (κ2) is 7.41. The predicted octanol–water partition coefficient (Wildman–Crippen LogP) is 5.95. The van der Waals surface area contributed by atoms with Gasteiger partial charge in [-0.2, -0.15) is 0 Å². The molecule has 1 fully saturated rings. The third-order valence-corrected chi connectivity index (χ3v) is 6.03. The first-order chi connectivity index (χ1) is 13.9. The van der Waals surface area contributed by atoms with E-state index in [1.54, 1.807) is 12.1 Å². The third-order valence-electron chi connectivity index (χ3n) is 5.16. The number of thioether (sulfide) groups is 1. The van der Waals surface area contributed by atoms with Crippen LogP contribution in [-0.4, -0.2) is 15.7 Å². The summed E-state index contributed by atoms with van der Waals surface area (Å²) in [5.41, 5.74) is 7.22. The molecule has 0 aliphatic carbocycles. The van der Waals surface area contributed by atoms with Crippen LogP contribution in [0, 0.1) is 27.7 Å². The van der Waals surface area contributed by atoms with Crippen LogP contribution in [0.25, 0.3) is 11.8 Å². The van der Waals surface area contributed by atoms with Crippen LogP contribution in [0.15, 0.2) is 59.5 Å². The topological polar surface area (TPSA) is 42.3 Å². The molecule has 1 saturated heterocycles. The summed E-state index contributed by atoms with van der Waals surface area (Å²) in [6.45, 7) is 8.28. The van der Waals surface area contributed by atoms with Gasteiger partial charge in [-0.3, -0.25) is 9.59 Å². The van der Waals surface area contributed by atoms with Crippen LogP contribution in [0.2, 0.25) is 0 Å². The second-order valence-electron chi connectivity index (χ2n) is 7.30. The van der Waals surface area contributed by atoms with E-state index in [4.69, 9.17) is 0 Å². The summed E-state index contributed by atoms with van der Waals surface area (Å²) in [5, 5.41) is -0.268. The van der Waals surface area contributed by atoms with Crippen LogP contribution in [0.1, 0.15) is 28.1 Å². The number of rotatable bonds is 3. The number of carbonyl (C=O) groups is 2. The van der Waals surface area contributed by atoms with E-state index in [0.29, 0.717) is 10.6 Å². The van der Waals surface area contributed by atoms with Gasteiger partial charge in [0.1, 0.15) is 0 Å². The van der Waals surface area contributed by atoms with Crippen molar-refractivity contribution in [2.75, 3.05) is 4.90 Å². The average Bonchev–Trinajstić information content (AvgIpc) is 3.11. The summed E-state index contributed by atoms with van der Waals surface area (Å²) in [6, 6.07) is 17.5. The van der Waals surface area contributed by atoms with Gasteiger partial charge in [-0.1, -0.05) is 35.9 Å². The van der Waals surface area contributed by atoms with Crippen molar-refractivity contribution in [3.63, 3.8) is 0 Å². The molecule has 146 valence electrons. The molecule has 0 radical (unpaired) electrons. The van der Waals surface area contributed by atoms with Crippen molar-refractivity contribution in [2.45, 2.75) is 27.7 Å². The number of aryl methyl sites for hydroxylation is 3. The van der Waals surface area contributed by atoms with Crippen molar-refractivity contribution in [1.29, 1.82) is 0 Å². The van der Waals surface area contributed by atoms with Crippen LogP contribution in [0.3, 0.4) is 0 Å². The van der Waals surface area contributed by atoms with Crippen LogP contribution >= 0.6 is 11.8 Å². The van der Waals surface area contributed by atoms with Crippen LogP contribution in [-0.2, 0) is 4.79 Å². The molecule has 1 aromatic heterocycles. The zero-order chi connectivity index (χ0) is 20.7. The van der Waals surface area contributed by atoms with Crippen molar-refractivity contribution in [3.05, 3.63) is 87.6 Å². The Morgan fingerprint density at radius 1 is 0.897 bits per heavy atom. The third kappa shape index (κ3) is 3.42. The van der Waals surface area contributed by atoms with Gasteiger partial charge in [0.05, 0.1) is 10.6 Å². The molecule has 3 aromatic rings. The molecule has 1 aliphatic heterocycles. The van der Waals surface area contributed by atoms with Crippen LogP contribution < -0.4 is 4.90 Å². The van der Waals surface area contributed by atoms with Gasteiger partial charge < -0.3 is 4.57 Å². The minimum absolute atomic E-state index is 0.268. The summed E-state index contributed by atoms with van der Waals surface area (Å²) in [4.78, 5) is 27.0. The molecule has 0 bridgehead atoms. The van der Waals surface area contributed by atoms with Crippen LogP contribution in [0.4, 0.5) is 10.5 Å². The number of anilines is 1. The number of carbonyl (C=O) groups excluding carboxylic acids is 2. The van der Waals surface area contributed by atoms with Crippen molar-refractivity contribution in [2.24, 2.45) is 0 Å². The van der Waals surface area contributed by atoms with E-state index in [1.807, 2.05) is 31.2 Å². The average molecular weight is 403 g/mol. The zero-order valence-corrected chi connectivity index (χ0v) is 17.7. The maximum atomic E-state index is 12.9. The molecule has 0 spiro atoms. The van der Waals surface area contributed by atoms with Gasteiger partial charge in [0.25, 0.3) is 11.1 Å². The SMILES string of the molecule is Cc1ccc(-n2c(C)cc(/C=C3/SC(=O)N(c4ccccc4)C3=O)c2C)c(C)c1. The molecule has 4 rings (SSSR count). The number of aromatic nitrogens is 1. The lowest BCUT2D eigenvalue weighted by Gasteiger charge is -2.13. The van der Waals surface area contributed by atoms with E-state index in [1.165, 1.54) is 16.0 Å². The molecule has 5 heteroatoms. The van der Waals surface area contributed by atoms with Crippen molar-refractivity contribution in [1.82, 2.24) is 4.57 Å². The maximum Gasteiger partial charge on any atom is 0.298 e. The van der Waals surface area contributed by atoms with E-state index in [2.05, 4.69) is 49.6 Å². The van der Waals surface area contributed by atoms with Crippen LogP contribution in [0.5, 0.6) is 0 Å². The van der Waals surface area contributed by atoms with E-state index < -0.39 is 0 Å². The lowest BCUT2D eigenvalue weighted by atomic mass is 10.1. The summed E-state index contributed by atoms with van der Waals surface area (Å²) in [5.74, 6) is -0.275. The van der Waals surface area contributed by atoms with E-state index in [-0.39, 0.29) is 11.1 Å². The Bertz CT molecular complexity index is 1160. The summed E-state index contributed by atoms with van der Waals surface area (Å²) >= 11 is 0.985. The number of imide groups is 1. The zero-order valence-electron chi connectivity index (χ0n) is 16.9. The maximum absolute atomic E-state index is 12.9. The van der Waals surface area contributed by atoms with E-state index in [0.717, 1.165) is 34.4 Å². The monoisotopic (exact) mass is 402 g/mol. The molecule has 2 amide bonds. The number of hydrogen-bond donors (Lipinski definition) is 0. The Morgan fingerprint density at radius 2 is 1.62 bits per heavy atom. The molecule has 2 heterocycles. The first-order valence-electron chi connectivity index (χ1n) is 9.46. The fraction of sp³-hybridized carbons (Fsp3) is 0.167. The predicted molar refractivity (Wildman–Crippen MR) is 120 cm³/mol. The Kier molecular flexibility index (Phi) is 4.92. The molecular formula is C24H22N2O2S. The van der Waals surface area contributed by atoms with Crippen molar-refractivity contribution < 1.29 is 9.59 Å². The van der Waals surface area contributed by atoms with Gasteiger partial charge in [0, 0.05) is 17.1 Å². The number of benzene rings is 2. The van der Waals surface area contributed by atoms with Gasteiger partial charge in [0.2, 0.25) is 0 Å². The minimum Gasteiger partial charge on any atom is -0.318 e. The van der Waals surface area contributed by atoms with Crippen molar-refractivity contribution >= 4 is 34.7 Å². The minimum atomic E-state index is -0.275. The first-order valence-corrected chi connectivity index (χ1v) is 10.3. The number of para-hydroxylation sites is 1. The Balaban J connectivity index is 1.73. The molecular weight excluding hydrogens is 380 g/mol. The highest BCUT2D eigenvalue weighted by molar-refractivity contribution is 8.19. The summed E-state index contributed by atoms with van der Waals surface area (Å²) in [6.07, 6.45) is 1.83. The standard InChI is InChI=1S/C24H22N2O2S/c1-15-10-11-21(16(2)12-15)25-17(3)13-19(18(25)4)14-22-23(27)26(24(28)29-22)20-8-6-5-7-9-20/h5-14H,1-4H3/b22-14+. The highest BCUT2D eigenvalue weighted by Crippen LogP contribution is 2.36. The van der Waals surface area contributed by atoms with Gasteiger partial charge in [-0.25, -0.2) is 4.90 Å². The van der Waals surface area contributed by atoms with Gasteiger partial charge >= 0.3 is 0 Å². The highest BCUT2D eigenvalue weighted by Gasteiger charge is 2.36. The Labute approximate surface area is 174 Å². The van der Waals surface area contributed by atoms with E-state index in [9.17, 15) is 9.59 Å². The Hall–Kier alpha value is -3.05. The summed E-state index contributed by atoms with van der Waals surface area (Å²) < 4.78 is 2.20. The quantitative estimate of drug-likeness (QED) is 0.508. The molecule has 0 N–H and O–H groups in total. The number of amides is 2. The molecule has 2 aromatic carbocycles. The molecule has 1 aliphatic rings. The molecule has 0 unspecified atom stereocenters. The van der Waals surface area contributed by atoms with Gasteiger partial charge in [-0.15, -0.1) is 0 Å². The lowest BCUT2D eigenvalue weighted by Crippen LogP contribution is -2.27. The molecule has 4 nitrogen and oxygen atoms in total. The molecule has 29 heavy (non-hydrogen) atoms. The van der Waals surface area contributed by atoms with Gasteiger partial charge in [-0.05, 0) is 80.9 Å². The molecule has 0 saturated carbocycles. The smallest absolute Gasteiger partial charge is 0.298 e. The highest BCUT2D eigenvalue weighted by atomic mass is 32.2. The van der Waals surface area contributed by atoms with E-state index >= 15 is 0 Å². The largest absolute Gasteiger partial charge is 0.318 e. The lowest BCUT2D eigenvalue weighted by molar-refractivity contribution is -0.113. The number of nitrogens with zero attached hydrogens (tertiary/aromatic N) is 2. The molecule has 0 atom stereocenters. The number of hydrogen-bond acceptors (Lipinski definition) is 3. The fourth-order valence-corrected chi connectivity index (χ4v) is 4.60. The summed E-state index contributed by atoms with van der Waals surface area (Å²) in [7, 11) is 0. The first kappa shape index (κ1) is 19.3. The Morgan fingerprint density at radius 3 is 2.31 bits per heavy atom. The normalized spacial score (nSPS) is 15.6. The fourth-order valence-electron chi connectivity index (χ4n) is 3.77. The van der Waals surface area contributed by atoms with Crippen molar-refractivity contribution in [3.8, 4) is 5.69 Å².